The molecule has 1 aliphatic heterocycles. The van der Waals surface area contributed by atoms with Crippen LogP contribution in [0, 0.1) is 13.8 Å². The lowest BCUT2D eigenvalue weighted by Gasteiger charge is -2.28. The zero-order chi connectivity index (χ0) is 30.6. The van der Waals surface area contributed by atoms with Gasteiger partial charge in [-0.1, -0.05) is 42.0 Å². The van der Waals surface area contributed by atoms with E-state index in [1.165, 1.54) is 11.3 Å². The maximum Gasteiger partial charge on any atom is 0.337 e. The van der Waals surface area contributed by atoms with Crippen molar-refractivity contribution in [2.45, 2.75) is 52.7 Å². The number of aromatic nitrogens is 2. The van der Waals surface area contributed by atoms with Crippen molar-refractivity contribution in [2.75, 3.05) is 11.9 Å². The highest BCUT2D eigenvalue weighted by atomic mass is 32.1. The van der Waals surface area contributed by atoms with E-state index in [-0.39, 0.29) is 5.91 Å². The molecule has 3 heterocycles. The van der Waals surface area contributed by atoms with Gasteiger partial charge < -0.3 is 14.7 Å². The summed E-state index contributed by atoms with van der Waals surface area (Å²) in [5.74, 6) is -0.969. The minimum Gasteiger partial charge on any atom is -0.479 e. The van der Waals surface area contributed by atoms with Crippen LogP contribution < -0.4 is 4.90 Å². The topological polar surface area (TPSA) is 92.6 Å². The van der Waals surface area contributed by atoms with Gasteiger partial charge >= 0.3 is 5.97 Å². The van der Waals surface area contributed by atoms with E-state index in [0.29, 0.717) is 12.0 Å². The fraction of sp³-hybridized carbons (Fsp3) is 0.257. The number of anilines is 1. The number of carbonyl (C=O) groups is 2. The van der Waals surface area contributed by atoms with Gasteiger partial charge in [-0.2, -0.15) is 0 Å². The third-order valence-corrected chi connectivity index (χ3v) is 8.86. The van der Waals surface area contributed by atoms with Crippen LogP contribution in [0.4, 0.5) is 5.69 Å². The van der Waals surface area contributed by atoms with Gasteiger partial charge in [-0.15, -0.1) is 11.3 Å². The first-order valence-corrected chi connectivity index (χ1v) is 15.0. The predicted octanol–water partition coefficient (Wildman–Crippen LogP) is 7.77. The Hall–Kier alpha value is -4.40. The molecule has 5 aromatic rings. The molecule has 1 aliphatic rings. The van der Waals surface area contributed by atoms with Crippen molar-refractivity contribution in [3.8, 4) is 33.0 Å². The summed E-state index contributed by atoms with van der Waals surface area (Å²) >= 11 is 1.53. The Morgan fingerprint density at radius 1 is 1.05 bits per heavy atom. The number of carbonyl (C=O) groups excluding carboxylic acids is 1. The summed E-state index contributed by atoms with van der Waals surface area (Å²) in [4.78, 5) is 36.5. The standard InChI is InChI=1S/C35H33N3O4S/c1-19-10-12-21(13-11-19)30-29(31(34(40)41)42-35(3,4)5)20(2)16-26-32(30)43-33(37-26)22-14-15-36-25(17-22)23-8-7-9-27-24(23)18-28(39)38(27)6/h7-17,31H,18H2,1-6H3,(H,40,41)/t31-/m0/s1. The number of rotatable bonds is 6. The Labute approximate surface area is 254 Å². The van der Waals surface area contributed by atoms with Crippen LogP contribution in [0.2, 0.25) is 0 Å². The minimum absolute atomic E-state index is 0.0645. The lowest BCUT2D eigenvalue weighted by molar-refractivity contribution is -0.160. The first-order chi connectivity index (χ1) is 20.4. The van der Waals surface area contributed by atoms with Crippen LogP contribution in [-0.2, 0) is 20.7 Å². The van der Waals surface area contributed by atoms with E-state index < -0.39 is 17.7 Å². The SMILES string of the molecule is Cc1ccc(-c2c([C@H](OC(C)(C)C)C(=O)O)c(C)cc3nc(-c4ccnc(-c5cccc6c5CC(=O)N6C)c4)sc23)cc1. The Bertz CT molecular complexity index is 1900. The molecule has 2 aromatic heterocycles. The number of thiazole rings is 1. The van der Waals surface area contributed by atoms with Crippen LogP contribution in [0.1, 0.15) is 49.1 Å². The highest BCUT2D eigenvalue weighted by molar-refractivity contribution is 7.22. The average Bonchev–Trinajstić information content (AvgIpc) is 3.51. The van der Waals surface area contributed by atoms with Crippen LogP contribution in [0.15, 0.2) is 66.9 Å². The van der Waals surface area contributed by atoms with Gasteiger partial charge in [-0.25, -0.2) is 9.78 Å². The molecule has 218 valence electrons. The van der Waals surface area contributed by atoms with Gasteiger partial charge in [0.1, 0.15) is 5.01 Å². The number of aryl methyl sites for hydroxylation is 2. The molecule has 0 aliphatic carbocycles. The second-order valence-electron chi connectivity index (χ2n) is 12.0. The van der Waals surface area contributed by atoms with Crippen LogP contribution in [0.25, 0.3) is 43.2 Å². The van der Waals surface area contributed by atoms with Gasteiger partial charge in [-0.05, 0) is 75.6 Å². The number of hydrogen-bond donors (Lipinski definition) is 1. The summed E-state index contributed by atoms with van der Waals surface area (Å²) in [7, 11) is 1.80. The van der Waals surface area contributed by atoms with Gasteiger partial charge in [-0.3, -0.25) is 9.78 Å². The van der Waals surface area contributed by atoms with E-state index in [9.17, 15) is 14.7 Å². The maximum absolute atomic E-state index is 12.7. The molecular formula is C35H33N3O4S. The molecule has 0 unspecified atom stereocenters. The Morgan fingerprint density at radius 2 is 1.79 bits per heavy atom. The minimum atomic E-state index is -1.15. The van der Waals surface area contributed by atoms with Gasteiger partial charge in [0.25, 0.3) is 0 Å². The van der Waals surface area contributed by atoms with E-state index in [1.54, 1.807) is 18.1 Å². The number of hydrogen-bond acceptors (Lipinski definition) is 6. The summed E-state index contributed by atoms with van der Waals surface area (Å²) in [6, 6.07) is 19.9. The third kappa shape index (κ3) is 5.32. The second-order valence-corrected chi connectivity index (χ2v) is 13.0. The Morgan fingerprint density at radius 3 is 2.49 bits per heavy atom. The van der Waals surface area contributed by atoms with Crippen molar-refractivity contribution in [2.24, 2.45) is 0 Å². The van der Waals surface area contributed by atoms with Crippen LogP contribution in [-0.4, -0.2) is 39.6 Å². The van der Waals surface area contributed by atoms with E-state index in [2.05, 4.69) is 4.98 Å². The fourth-order valence-electron chi connectivity index (χ4n) is 5.70. The largest absolute Gasteiger partial charge is 0.479 e. The monoisotopic (exact) mass is 591 g/mol. The molecule has 8 heteroatoms. The Balaban J connectivity index is 1.54. The summed E-state index contributed by atoms with van der Waals surface area (Å²) < 4.78 is 7.06. The van der Waals surface area contributed by atoms with E-state index in [1.807, 2.05) is 95.3 Å². The van der Waals surface area contributed by atoms with Crippen LogP contribution in [0.3, 0.4) is 0 Å². The molecule has 0 fully saturated rings. The van der Waals surface area contributed by atoms with Crippen molar-refractivity contribution in [1.82, 2.24) is 9.97 Å². The molecule has 0 saturated carbocycles. The average molecular weight is 592 g/mol. The van der Waals surface area contributed by atoms with Crippen molar-refractivity contribution in [1.29, 1.82) is 0 Å². The number of nitrogens with zero attached hydrogens (tertiary/aromatic N) is 3. The predicted molar refractivity (Wildman–Crippen MR) is 172 cm³/mol. The van der Waals surface area contributed by atoms with Crippen molar-refractivity contribution in [3.05, 3.63) is 89.1 Å². The number of amides is 1. The molecule has 0 bridgehead atoms. The van der Waals surface area contributed by atoms with Crippen molar-refractivity contribution < 1.29 is 19.4 Å². The fourth-order valence-corrected chi connectivity index (χ4v) is 6.82. The molecule has 3 aromatic carbocycles. The van der Waals surface area contributed by atoms with Gasteiger partial charge in [0.2, 0.25) is 5.91 Å². The smallest absolute Gasteiger partial charge is 0.337 e. The van der Waals surface area contributed by atoms with Crippen molar-refractivity contribution in [3.63, 3.8) is 0 Å². The molecule has 6 rings (SSSR count). The number of pyridine rings is 1. The molecule has 43 heavy (non-hydrogen) atoms. The number of carboxylic acid groups (broad SMARTS) is 1. The van der Waals surface area contributed by atoms with Crippen LogP contribution >= 0.6 is 11.3 Å². The number of benzene rings is 3. The number of fused-ring (bicyclic) bond motifs is 2. The molecular weight excluding hydrogens is 558 g/mol. The Kier molecular flexibility index (Phi) is 7.15. The van der Waals surface area contributed by atoms with E-state index in [4.69, 9.17) is 9.72 Å². The van der Waals surface area contributed by atoms with Crippen LogP contribution in [0.5, 0.6) is 0 Å². The molecule has 1 amide bonds. The first-order valence-electron chi connectivity index (χ1n) is 14.2. The van der Waals surface area contributed by atoms with E-state index >= 15 is 0 Å². The summed E-state index contributed by atoms with van der Waals surface area (Å²) in [5.41, 5.74) is 8.91. The number of likely N-dealkylation sites (N-methyl/N-ethyl adjacent to an activating group) is 1. The second kappa shape index (κ2) is 10.7. The maximum atomic E-state index is 12.7. The zero-order valence-corrected chi connectivity index (χ0v) is 25.9. The summed E-state index contributed by atoms with van der Waals surface area (Å²) in [6.45, 7) is 9.55. The van der Waals surface area contributed by atoms with Gasteiger partial charge in [0.05, 0.1) is 27.9 Å². The summed E-state index contributed by atoms with van der Waals surface area (Å²) in [6.07, 6.45) is 0.962. The van der Waals surface area contributed by atoms with Crippen molar-refractivity contribution >= 4 is 39.1 Å². The lowest BCUT2D eigenvalue weighted by atomic mass is 9.91. The van der Waals surface area contributed by atoms with E-state index in [0.717, 1.165) is 65.5 Å². The number of aliphatic carboxylic acids is 1. The number of ether oxygens (including phenoxy) is 1. The highest BCUT2D eigenvalue weighted by Gasteiger charge is 2.32. The third-order valence-electron chi connectivity index (χ3n) is 7.72. The normalized spacial score (nSPS) is 13.9. The first kappa shape index (κ1) is 28.7. The molecule has 0 saturated heterocycles. The molecule has 0 radical (unpaired) electrons. The molecule has 1 atom stereocenters. The quantitative estimate of drug-likeness (QED) is 0.217. The lowest BCUT2D eigenvalue weighted by Crippen LogP contribution is -2.28. The van der Waals surface area contributed by atoms with Gasteiger partial charge in [0, 0.05) is 41.2 Å². The zero-order valence-electron chi connectivity index (χ0n) is 25.1. The molecule has 1 N–H and O–H groups in total. The molecule has 7 nitrogen and oxygen atoms in total. The van der Waals surface area contributed by atoms with Gasteiger partial charge in [0.15, 0.2) is 6.10 Å². The molecule has 0 spiro atoms. The highest BCUT2D eigenvalue weighted by Crippen LogP contribution is 2.45. The number of carboxylic acids is 1. The summed E-state index contributed by atoms with van der Waals surface area (Å²) in [5, 5.41) is 11.2.